The van der Waals surface area contributed by atoms with E-state index in [1.165, 1.54) is 32.5 Å². The van der Waals surface area contributed by atoms with E-state index in [4.69, 9.17) is 0 Å². The van der Waals surface area contributed by atoms with Gasteiger partial charge in [-0.05, 0) is 38.3 Å². The predicted molar refractivity (Wildman–Crippen MR) is 71.8 cm³/mol. The fraction of sp³-hybridized carbons (Fsp3) is 1.00. The Bertz CT molecular complexity index is 215. The highest BCUT2D eigenvalue weighted by atomic mass is 15.2. The molecular weight excluding hydrogens is 196 g/mol. The Hall–Kier alpha value is -0.0800. The van der Waals surface area contributed by atoms with E-state index in [2.05, 4.69) is 51.6 Å². The monoisotopic (exact) mass is 226 g/mol. The van der Waals surface area contributed by atoms with Gasteiger partial charge in [-0.3, -0.25) is 0 Å². The zero-order valence-corrected chi connectivity index (χ0v) is 12.1. The molecule has 2 atom stereocenters. The highest BCUT2D eigenvalue weighted by Crippen LogP contribution is 2.35. The molecule has 1 aliphatic rings. The molecule has 0 amide bonds. The van der Waals surface area contributed by atoms with Gasteiger partial charge in [-0.1, -0.05) is 27.7 Å². The van der Waals surface area contributed by atoms with Crippen molar-refractivity contribution in [1.29, 1.82) is 0 Å². The Balaban J connectivity index is 2.86. The van der Waals surface area contributed by atoms with E-state index in [1.54, 1.807) is 0 Å². The lowest BCUT2D eigenvalue weighted by Crippen LogP contribution is -2.46. The zero-order valence-electron chi connectivity index (χ0n) is 12.1. The lowest BCUT2D eigenvalue weighted by molar-refractivity contribution is 0.0854. The van der Waals surface area contributed by atoms with Crippen LogP contribution in [0.2, 0.25) is 0 Å². The van der Waals surface area contributed by atoms with Gasteiger partial charge >= 0.3 is 0 Å². The van der Waals surface area contributed by atoms with E-state index in [0.29, 0.717) is 5.41 Å². The van der Waals surface area contributed by atoms with Gasteiger partial charge in [-0.25, -0.2) is 0 Å². The largest absolute Gasteiger partial charge is 0.304 e. The number of rotatable bonds is 3. The minimum absolute atomic E-state index is 0.449. The van der Waals surface area contributed by atoms with Crippen molar-refractivity contribution < 1.29 is 0 Å². The van der Waals surface area contributed by atoms with Crippen LogP contribution >= 0.6 is 0 Å². The van der Waals surface area contributed by atoms with Crippen molar-refractivity contribution in [2.45, 2.75) is 46.6 Å². The summed E-state index contributed by atoms with van der Waals surface area (Å²) in [5, 5.41) is 0. The van der Waals surface area contributed by atoms with Gasteiger partial charge in [0.05, 0.1) is 0 Å². The normalized spacial score (nSPS) is 34.3. The topological polar surface area (TPSA) is 6.48 Å². The Morgan fingerprint density at radius 1 is 1.25 bits per heavy atom. The molecular formula is C14H30N2. The summed E-state index contributed by atoms with van der Waals surface area (Å²) in [5.74, 6) is 0.793. The van der Waals surface area contributed by atoms with Crippen LogP contribution in [0.15, 0.2) is 0 Å². The van der Waals surface area contributed by atoms with Gasteiger partial charge in [-0.15, -0.1) is 0 Å². The second-order valence-electron chi connectivity index (χ2n) is 6.37. The van der Waals surface area contributed by atoms with E-state index in [-0.39, 0.29) is 0 Å². The maximum Gasteiger partial charge on any atom is 0.0161 e. The maximum absolute atomic E-state index is 2.59. The third-order valence-electron chi connectivity index (χ3n) is 4.30. The van der Waals surface area contributed by atoms with Crippen molar-refractivity contribution in [1.82, 2.24) is 9.80 Å². The molecule has 1 saturated heterocycles. The molecule has 0 aromatic heterocycles. The Kier molecular flexibility index (Phi) is 4.81. The lowest BCUT2D eigenvalue weighted by Gasteiger charge is -2.42. The van der Waals surface area contributed by atoms with Crippen LogP contribution in [0, 0.1) is 11.3 Å². The van der Waals surface area contributed by atoms with Gasteiger partial charge < -0.3 is 9.80 Å². The van der Waals surface area contributed by atoms with E-state index in [1.807, 2.05) is 0 Å². The third kappa shape index (κ3) is 3.21. The van der Waals surface area contributed by atoms with Crippen LogP contribution in [0.1, 0.15) is 40.5 Å². The Labute approximate surface area is 102 Å². The molecule has 0 saturated carbocycles. The molecule has 1 aliphatic heterocycles. The molecule has 0 spiro atoms. The van der Waals surface area contributed by atoms with Crippen LogP contribution in [0.4, 0.5) is 0 Å². The highest BCUT2D eigenvalue weighted by Gasteiger charge is 2.38. The van der Waals surface area contributed by atoms with Gasteiger partial charge in [0.2, 0.25) is 0 Å². The van der Waals surface area contributed by atoms with Crippen LogP contribution < -0.4 is 0 Å². The molecule has 0 aromatic carbocycles. The highest BCUT2D eigenvalue weighted by molar-refractivity contribution is 4.92. The minimum atomic E-state index is 0.449. The summed E-state index contributed by atoms with van der Waals surface area (Å²) in [6, 6.07) is 0.738. The Morgan fingerprint density at radius 3 is 2.38 bits per heavy atom. The van der Waals surface area contributed by atoms with Crippen molar-refractivity contribution >= 4 is 0 Å². The molecule has 2 heteroatoms. The number of hydrogen-bond acceptors (Lipinski definition) is 2. The van der Waals surface area contributed by atoms with Crippen LogP contribution in [-0.4, -0.2) is 49.6 Å². The molecule has 1 fully saturated rings. The number of nitrogens with zero attached hydrogens (tertiary/aromatic N) is 2. The molecule has 0 bridgehead atoms. The van der Waals surface area contributed by atoms with E-state index in [9.17, 15) is 0 Å². The smallest absolute Gasteiger partial charge is 0.0161 e. The third-order valence-corrected chi connectivity index (χ3v) is 4.30. The lowest BCUT2D eigenvalue weighted by atomic mass is 9.75. The molecule has 0 radical (unpaired) electrons. The van der Waals surface area contributed by atoms with Crippen LogP contribution in [0.5, 0.6) is 0 Å². The van der Waals surface area contributed by atoms with Crippen LogP contribution in [-0.2, 0) is 0 Å². The minimum Gasteiger partial charge on any atom is -0.304 e. The molecule has 96 valence electrons. The summed E-state index contributed by atoms with van der Waals surface area (Å²) in [4.78, 5) is 5.09. The van der Waals surface area contributed by atoms with Gasteiger partial charge in [0.25, 0.3) is 0 Å². The van der Waals surface area contributed by atoms with E-state index >= 15 is 0 Å². The van der Waals surface area contributed by atoms with Gasteiger partial charge in [0.15, 0.2) is 0 Å². The second-order valence-corrected chi connectivity index (χ2v) is 6.37. The first-order valence-electron chi connectivity index (χ1n) is 6.78. The van der Waals surface area contributed by atoms with Crippen molar-refractivity contribution in [3.05, 3.63) is 0 Å². The fourth-order valence-electron chi connectivity index (χ4n) is 3.08. The summed E-state index contributed by atoms with van der Waals surface area (Å²) in [6.07, 6.45) is 2.60. The van der Waals surface area contributed by atoms with Gasteiger partial charge in [0.1, 0.15) is 0 Å². The van der Waals surface area contributed by atoms with Crippen molar-refractivity contribution in [3.63, 3.8) is 0 Å². The molecule has 1 heterocycles. The molecule has 0 aromatic rings. The van der Waals surface area contributed by atoms with Crippen LogP contribution in [0.3, 0.4) is 0 Å². The molecule has 2 unspecified atom stereocenters. The summed E-state index contributed by atoms with van der Waals surface area (Å²) in [5.41, 5.74) is 0.449. The molecule has 1 rings (SSSR count). The summed E-state index contributed by atoms with van der Waals surface area (Å²) >= 11 is 0. The molecule has 0 aliphatic carbocycles. The van der Waals surface area contributed by atoms with Crippen molar-refractivity contribution in [2.75, 3.05) is 33.7 Å². The summed E-state index contributed by atoms with van der Waals surface area (Å²) in [7, 11) is 4.57. The quantitative estimate of drug-likeness (QED) is 0.730. The fourth-order valence-corrected chi connectivity index (χ4v) is 3.08. The average Bonchev–Trinajstić information content (AvgIpc) is 2.30. The van der Waals surface area contributed by atoms with E-state index < -0.39 is 0 Å². The summed E-state index contributed by atoms with van der Waals surface area (Å²) < 4.78 is 0. The maximum atomic E-state index is 2.59. The van der Waals surface area contributed by atoms with Crippen molar-refractivity contribution in [2.24, 2.45) is 11.3 Å². The van der Waals surface area contributed by atoms with Gasteiger partial charge in [-0.2, -0.15) is 0 Å². The van der Waals surface area contributed by atoms with Crippen molar-refractivity contribution in [3.8, 4) is 0 Å². The van der Waals surface area contributed by atoms with Gasteiger partial charge in [0, 0.05) is 25.7 Å². The standard InChI is InChI=1S/C14H30N2/c1-7-14(4)11-15(5)8-9-16(6)13(14)10-12(2)3/h12-13H,7-11H2,1-6H3. The van der Waals surface area contributed by atoms with Crippen LogP contribution in [0.25, 0.3) is 0 Å². The second kappa shape index (κ2) is 5.50. The number of likely N-dealkylation sites (N-methyl/N-ethyl adjacent to an activating group) is 2. The SMILES string of the molecule is CCC1(C)CN(C)CCN(C)C1CC(C)C. The molecule has 2 nitrogen and oxygen atoms in total. The Morgan fingerprint density at radius 2 is 1.88 bits per heavy atom. The first-order valence-corrected chi connectivity index (χ1v) is 6.78. The predicted octanol–water partition coefficient (Wildman–Crippen LogP) is 2.69. The molecule has 16 heavy (non-hydrogen) atoms. The first kappa shape index (κ1) is 14.0. The first-order chi connectivity index (χ1) is 7.39. The molecule has 0 N–H and O–H groups in total. The van der Waals surface area contributed by atoms with E-state index in [0.717, 1.165) is 12.0 Å². The summed E-state index contributed by atoms with van der Waals surface area (Å²) in [6.45, 7) is 13.2. The zero-order chi connectivity index (χ0) is 12.3. The number of hydrogen-bond donors (Lipinski definition) is 0. The average molecular weight is 226 g/mol.